The fraction of sp³-hybridized carbons (Fsp3) is 0.429. The molecule has 0 aliphatic carbocycles. The molecule has 1 heterocycles. The summed E-state index contributed by atoms with van der Waals surface area (Å²) in [7, 11) is 1.55. The SMILES string of the molecule is C=C[C@]1(OC)OC[C@H](O)[C@@H]1NCc1ccccc1. The lowest BCUT2D eigenvalue weighted by Gasteiger charge is -2.31. The highest BCUT2D eigenvalue weighted by atomic mass is 16.7. The van der Waals surface area contributed by atoms with Crippen LogP contribution in [0, 0.1) is 0 Å². The predicted octanol–water partition coefficient (Wildman–Crippen LogP) is 1.06. The average Bonchev–Trinajstić information content (AvgIpc) is 2.75. The Hall–Kier alpha value is -1.20. The number of hydrogen-bond donors (Lipinski definition) is 2. The van der Waals surface area contributed by atoms with Crippen LogP contribution >= 0.6 is 0 Å². The van der Waals surface area contributed by atoms with Crippen LogP contribution in [0.25, 0.3) is 0 Å². The standard InChI is InChI=1S/C14H19NO3/c1-3-14(17-2)13(12(16)10-18-14)15-9-11-7-5-4-6-8-11/h3-8,12-13,15-16H,1,9-10H2,2H3/t12-,13-,14-/m0/s1. The summed E-state index contributed by atoms with van der Waals surface area (Å²) in [5.41, 5.74) is 1.14. The lowest BCUT2D eigenvalue weighted by Crippen LogP contribution is -2.52. The lowest BCUT2D eigenvalue weighted by molar-refractivity contribution is -0.167. The van der Waals surface area contributed by atoms with Crippen molar-refractivity contribution < 1.29 is 14.6 Å². The van der Waals surface area contributed by atoms with E-state index in [0.29, 0.717) is 6.54 Å². The van der Waals surface area contributed by atoms with Gasteiger partial charge in [0, 0.05) is 13.7 Å². The lowest BCUT2D eigenvalue weighted by atomic mass is 10.0. The molecule has 0 aromatic heterocycles. The zero-order valence-electron chi connectivity index (χ0n) is 10.5. The molecule has 1 aliphatic rings. The van der Waals surface area contributed by atoms with Gasteiger partial charge < -0.3 is 19.9 Å². The van der Waals surface area contributed by atoms with Crippen molar-refractivity contribution in [2.24, 2.45) is 0 Å². The Kier molecular flexibility index (Phi) is 4.14. The minimum Gasteiger partial charge on any atom is -0.389 e. The summed E-state index contributed by atoms with van der Waals surface area (Å²) >= 11 is 0. The Labute approximate surface area is 107 Å². The minimum atomic E-state index is -0.950. The van der Waals surface area contributed by atoms with Gasteiger partial charge in [-0.2, -0.15) is 0 Å². The molecule has 2 rings (SSSR count). The van der Waals surface area contributed by atoms with Gasteiger partial charge in [-0.1, -0.05) is 36.9 Å². The predicted molar refractivity (Wildman–Crippen MR) is 69.0 cm³/mol. The number of aliphatic hydroxyl groups excluding tert-OH is 1. The second-order valence-electron chi connectivity index (χ2n) is 4.35. The second kappa shape index (κ2) is 5.63. The van der Waals surface area contributed by atoms with Gasteiger partial charge in [0.25, 0.3) is 0 Å². The molecule has 1 aromatic rings. The van der Waals surface area contributed by atoms with Crippen molar-refractivity contribution in [1.29, 1.82) is 0 Å². The number of aliphatic hydroxyl groups is 1. The second-order valence-corrected chi connectivity index (χ2v) is 4.35. The highest BCUT2D eigenvalue weighted by molar-refractivity contribution is 5.15. The molecule has 2 N–H and O–H groups in total. The largest absolute Gasteiger partial charge is 0.389 e. The van der Waals surface area contributed by atoms with Gasteiger partial charge in [0.05, 0.1) is 18.8 Å². The Morgan fingerprint density at radius 3 is 2.89 bits per heavy atom. The molecule has 3 atom stereocenters. The number of ether oxygens (including phenoxy) is 2. The number of nitrogens with one attached hydrogen (secondary N) is 1. The van der Waals surface area contributed by atoms with E-state index in [0.717, 1.165) is 5.56 Å². The summed E-state index contributed by atoms with van der Waals surface area (Å²) < 4.78 is 10.9. The molecule has 0 spiro atoms. The molecule has 1 aliphatic heterocycles. The molecule has 1 fully saturated rings. The van der Waals surface area contributed by atoms with Crippen LogP contribution in [-0.4, -0.2) is 36.8 Å². The molecule has 4 heteroatoms. The van der Waals surface area contributed by atoms with Crippen molar-refractivity contribution in [3.63, 3.8) is 0 Å². The maximum atomic E-state index is 9.95. The van der Waals surface area contributed by atoms with E-state index in [9.17, 15) is 5.11 Å². The summed E-state index contributed by atoms with van der Waals surface area (Å²) in [4.78, 5) is 0. The van der Waals surface area contributed by atoms with Gasteiger partial charge >= 0.3 is 0 Å². The van der Waals surface area contributed by atoms with Crippen molar-refractivity contribution >= 4 is 0 Å². The van der Waals surface area contributed by atoms with Crippen LogP contribution in [0.5, 0.6) is 0 Å². The first-order valence-corrected chi connectivity index (χ1v) is 6.00. The maximum absolute atomic E-state index is 9.95. The Balaban J connectivity index is 2.04. The quantitative estimate of drug-likeness (QED) is 0.766. The first-order valence-electron chi connectivity index (χ1n) is 6.00. The fourth-order valence-electron chi connectivity index (χ4n) is 2.23. The third-order valence-electron chi connectivity index (χ3n) is 3.27. The van der Waals surface area contributed by atoms with E-state index >= 15 is 0 Å². The van der Waals surface area contributed by atoms with Gasteiger partial charge in [0.2, 0.25) is 5.79 Å². The summed E-state index contributed by atoms with van der Waals surface area (Å²) in [5.74, 6) is -0.950. The third-order valence-corrected chi connectivity index (χ3v) is 3.27. The molecule has 18 heavy (non-hydrogen) atoms. The number of benzene rings is 1. The Morgan fingerprint density at radius 2 is 2.28 bits per heavy atom. The van der Waals surface area contributed by atoms with Crippen molar-refractivity contribution in [3.8, 4) is 0 Å². The van der Waals surface area contributed by atoms with E-state index in [2.05, 4.69) is 11.9 Å². The Morgan fingerprint density at radius 1 is 1.56 bits per heavy atom. The number of rotatable bonds is 5. The van der Waals surface area contributed by atoms with E-state index in [1.165, 1.54) is 0 Å². The van der Waals surface area contributed by atoms with E-state index in [4.69, 9.17) is 9.47 Å². The van der Waals surface area contributed by atoms with Crippen LogP contribution in [0.2, 0.25) is 0 Å². The zero-order valence-corrected chi connectivity index (χ0v) is 10.5. The van der Waals surface area contributed by atoms with Gasteiger partial charge in [0.15, 0.2) is 0 Å². The topological polar surface area (TPSA) is 50.7 Å². The zero-order chi connectivity index (χ0) is 13.0. The summed E-state index contributed by atoms with van der Waals surface area (Å²) in [5, 5.41) is 13.2. The van der Waals surface area contributed by atoms with Crippen LogP contribution in [0.15, 0.2) is 43.0 Å². The van der Waals surface area contributed by atoms with Crippen LogP contribution in [0.4, 0.5) is 0 Å². The first-order chi connectivity index (χ1) is 8.72. The number of methoxy groups -OCH3 is 1. The van der Waals surface area contributed by atoms with Crippen molar-refractivity contribution in [2.45, 2.75) is 24.5 Å². The van der Waals surface area contributed by atoms with Gasteiger partial charge in [-0.15, -0.1) is 0 Å². The summed E-state index contributed by atoms with van der Waals surface area (Å²) in [6.07, 6.45) is 0.984. The summed E-state index contributed by atoms with van der Waals surface area (Å²) in [6, 6.07) is 9.67. The molecule has 1 aromatic carbocycles. The third kappa shape index (κ3) is 2.47. The molecular formula is C14H19NO3. The van der Waals surface area contributed by atoms with E-state index in [1.807, 2.05) is 30.3 Å². The van der Waals surface area contributed by atoms with E-state index < -0.39 is 11.9 Å². The molecule has 98 valence electrons. The highest BCUT2D eigenvalue weighted by Crippen LogP contribution is 2.28. The molecule has 0 radical (unpaired) electrons. The highest BCUT2D eigenvalue weighted by Gasteiger charge is 2.47. The molecule has 4 nitrogen and oxygen atoms in total. The van der Waals surface area contributed by atoms with Crippen LogP contribution < -0.4 is 5.32 Å². The Bertz CT molecular complexity index is 395. The van der Waals surface area contributed by atoms with Crippen LogP contribution in [-0.2, 0) is 16.0 Å². The van der Waals surface area contributed by atoms with E-state index in [1.54, 1.807) is 13.2 Å². The normalized spacial score (nSPS) is 31.4. The van der Waals surface area contributed by atoms with Gasteiger partial charge in [-0.25, -0.2) is 0 Å². The molecule has 0 bridgehead atoms. The molecule has 1 saturated heterocycles. The maximum Gasteiger partial charge on any atom is 0.205 e. The van der Waals surface area contributed by atoms with E-state index in [-0.39, 0.29) is 12.6 Å². The average molecular weight is 249 g/mol. The van der Waals surface area contributed by atoms with Crippen molar-refractivity contribution in [2.75, 3.05) is 13.7 Å². The molecule has 0 amide bonds. The van der Waals surface area contributed by atoms with Crippen molar-refractivity contribution in [1.82, 2.24) is 5.32 Å². The smallest absolute Gasteiger partial charge is 0.205 e. The number of hydrogen-bond acceptors (Lipinski definition) is 4. The van der Waals surface area contributed by atoms with Gasteiger partial charge in [0.1, 0.15) is 0 Å². The first kappa shape index (κ1) is 13.2. The molecule has 0 saturated carbocycles. The monoisotopic (exact) mass is 249 g/mol. The summed E-state index contributed by atoms with van der Waals surface area (Å²) in [6.45, 7) is 4.61. The molecule has 0 unspecified atom stereocenters. The van der Waals surface area contributed by atoms with Crippen molar-refractivity contribution in [3.05, 3.63) is 48.6 Å². The molecular weight excluding hydrogens is 230 g/mol. The van der Waals surface area contributed by atoms with Crippen LogP contribution in [0.1, 0.15) is 5.56 Å². The van der Waals surface area contributed by atoms with Gasteiger partial charge in [-0.3, -0.25) is 0 Å². The fourth-order valence-corrected chi connectivity index (χ4v) is 2.23. The van der Waals surface area contributed by atoms with Gasteiger partial charge in [-0.05, 0) is 11.6 Å². The minimum absolute atomic E-state index is 0.242. The van der Waals surface area contributed by atoms with Crippen LogP contribution in [0.3, 0.4) is 0 Å².